The number of hydrogen-bond acceptors (Lipinski definition) is 6. The monoisotopic (exact) mass is 411 g/mol. The highest BCUT2D eigenvalue weighted by Gasteiger charge is 2.20. The molecule has 1 N–H and O–H groups in total. The zero-order chi connectivity index (χ0) is 20.1. The van der Waals surface area contributed by atoms with Crippen molar-refractivity contribution in [3.8, 4) is 5.69 Å². The number of hydrogen-bond donors (Lipinski definition) is 1. The Balaban J connectivity index is 1.46. The van der Waals surface area contributed by atoms with E-state index >= 15 is 0 Å². The number of likely N-dealkylation sites (tertiary alicyclic amines) is 1. The Kier molecular flexibility index (Phi) is 6.31. The maximum Gasteiger partial charge on any atom is 0.231 e. The summed E-state index contributed by atoms with van der Waals surface area (Å²) in [5.41, 5.74) is 1.01. The van der Waals surface area contributed by atoms with Gasteiger partial charge in [-0.3, -0.25) is 14.3 Å². The van der Waals surface area contributed by atoms with Crippen LogP contribution in [-0.4, -0.2) is 44.4 Å². The van der Waals surface area contributed by atoms with Crippen LogP contribution >= 0.6 is 11.8 Å². The van der Waals surface area contributed by atoms with Gasteiger partial charge in [0.25, 0.3) is 0 Å². The first kappa shape index (κ1) is 19.7. The highest BCUT2D eigenvalue weighted by molar-refractivity contribution is 7.99. The molecule has 2 aromatic heterocycles. The summed E-state index contributed by atoms with van der Waals surface area (Å²) in [6.45, 7) is 4.86. The Morgan fingerprint density at radius 3 is 2.69 bits per heavy atom. The molecule has 3 aromatic rings. The van der Waals surface area contributed by atoms with Crippen molar-refractivity contribution in [2.24, 2.45) is 0 Å². The van der Waals surface area contributed by atoms with E-state index < -0.39 is 0 Å². The fourth-order valence-corrected chi connectivity index (χ4v) is 4.28. The minimum Gasteiger partial charge on any atom is -0.467 e. The maximum absolute atomic E-state index is 12.4. The highest BCUT2D eigenvalue weighted by atomic mass is 32.2. The van der Waals surface area contributed by atoms with E-state index in [9.17, 15) is 4.79 Å². The van der Waals surface area contributed by atoms with Gasteiger partial charge in [-0.2, -0.15) is 0 Å². The van der Waals surface area contributed by atoms with E-state index in [1.807, 2.05) is 49.4 Å². The lowest BCUT2D eigenvalue weighted by Gasteiger charge is -2.16. The van der Waals surface area contributed by atoms with Crippen LogP contribution < -0.4 is 5.32 Å². The zero-order valence-electron chi connectivity index (χ0n) is 16.5. The number of amides is 1. The number of rotatable bonds is 8. The Bertz CT molecular complexity index is 920. The van der Waals surface area contributed by atoms with Crippen molar-refractivity contribution in [2.75, 3.05) is 18.8 Å². The summed E-state index contributed by atoms with van der Waals surface area (Å²) >= 11 is 1.40. The molecule has 1 atom stereocenters. The zero-order valence-corrected chi connectivity index (χ0v) is 17.3. The molecular weight excluding hydrogens is 386 g/mol. The van der Waals surface area contributed by atoms with Crippen molar-refractivity contribution in [1.82, 2.24) is 25.0 Å². The minimum atomic E-state index is -0.171. The lowest BCUT2D eigenvalue weighted by Crippen LogP contribution is -2.28. The molecule has 1 aromatic carbocycles. The Labute approximate surface area is 174 Å². The summed E-state index contributed by atoms with van der Waals surface area (Å²) < 4.78 is 7.41. The summed E-state index contributed by atoms with van der Waals surface area (Å²) in [4.78, 5) is 14.8. The minimum absolute atomic E-state index is 0.0670. The first-order chi connectivity index (χ1) is 14.2. The van der Waals surface area contributed by atoms with Crippen LogP contribution in [0, 0.1) is 0 Å². The van der Waals surface area contributed by atoms with E-state index in [1.54, 1.807) is 6.26 Å². The van der Waals surface area contributed by atoms with Gasteiger partial charge in [0.2, 0.25) is 5.91 Å². The Hall–Kier alpha value is -2.58. The van der Waals surface area contributed by atoms with Crippen molar-refractivity contribution >= 4 is 17.7 Å². The number of thioether (sulfide) groups is 1. The first-order valence-electron chi connectivity index (χ1n) is 9.88. The molecular formula is C21H25N5O2S. The van der Waals surface area contributed by atoms with Gasteiger partial charge in [0.15, 0.2) is 11.0 Å². The van der Waals surface area contributed by atoms with Gasteiger partial charge in [-0.1, -0.05) is 30.0 Å². The lowest BCUT2D eigenvalue weighted by molar-refractivity contribution is -0.119. The molecule has 1 amide bonds. The van der Waals surface area contributed by atoms with Crippen LogP contribution in [0.15, 0.2) is 58.3 Å². The number of nitrogens with one attached hydrogen (secondary N) is 1. The summed E-state index contributed by atoms with van der Waals surface area (Å²) in [6.07, 6.45) is 4.07. The topological polar surface area (TPSA) is 76.2 Å². The van der Waals surface area contributed by atoms with Gasteiger partial charge >= 0.3 is 0 Å². The maximum atomic E-state index is 12.4. The molecule has 7 nitrogen and oxygen atoms in total. The summed E-state index contributed by atoms with van der Waals surface area (Å²) in [5, 5.41) is 12.5. The molecule has 3 heterocycles. The van der Waals surface area contributed by atoms with Crippen LogP contribution in [0.25, 0.3) is 5.69 Å². The normalized spacial score (nSPS) is 15.5. The van der Waals surface area contributed by atoms with Gasteiger partial charge in [-0.15, -0.1) is 10.2 Å². The molecule has 0 aliphatic carbocycles. The number of benzene rings is 1. The van der Waals surface area contributed by atoms with Crippen LogP contribution in [0.1, 0.15) is 37.4 Å². The molecule has 0 bridgehead atoms. The predicted octanol–water partition coefficient (Wildman–Crippen LogP) is 3.43. The SMILES string of the molecule is C[C@@H](NC(=O)CSc1nnc(CN2CCCC2)n1-c1ccccc1)c1ccco1. The van der Waals surface area contributed by atoms with Gasteiger partial charge in [-0.05, 0) is 57.1 Å². The number of furan rings is 1. The fraction of sp³-hybridized carbons (Fsp3) is 0.381. The van der Waals surface area contributed by atoms with E-state index in [0.717, 1.165) is 42.1 Å². The predicted molar refractivity (Wildman–Crippen MR) is 112 cm³/mol. The second kappa shape index (κ2) is 9.28. The van der Waals surface area contributed by atoms with Crippen LogP contribution in [0.5, 0.6) is 0 Å². The van der Waals surface area contributed by atoms with E-state index in [2.05, 4.69) is 25.0 Å². The average Bonchev–Trinajstić information content (AvgIpc) is 3.50. The second-order valence-electron chi connectivity index (χ2n) is 7.15. The second-order valence-corrected chi connectivity index (χ2v) is 8.09. The quantitative estimate of drug-likeness (QED) is 0.573. The molecule has 1 saturated heterocycles. The fourth-order valence-electron chi connectivity index (χ4n) is 3.50. The van der Waals surface area contributed by atoms with Gasteiger partial charge in [0, 0.05) is 5.69 Å². The molecule has 0 spiro atoms. The van der Waals surface area contributed by atoms with E-state index in [4.69, 9.17) is 4.42 Å². The van der Waals surface area contributed by atoms with Gasteiger partial charge in [-0.25, -0.2) is 0 Å². The summed E-state index contributed by atoms with van der Waals surface area (Å²) in [6, 6.07) is 13.6. The largest absolute Gasteiger partial charge is 0.467 e. The molecule has 152 valence electrons. The molecule has 0 unspecified atom stereocenters. The summed E-state index contributed by atoms with van der Waals surface area (Å²) in [7, 11) is 0. The van der Waals surface area contributed by atoms with E-state index in [0.29, 0.717) is 0 Å². The van der Waals surface area contributed by atoms with Crippen molar-refractivity contribution in [3.63, 3.8) is 0 Å². The smallest absolute Gasteiger partial charge is 0.231 e. The first-order valence-corrected chi connectivity index (χ1v) is 10.9. The highest BCUT2D eigenvalue weighted by Crippen LogP contribution is 2.24. The van der Waals surface area contributed by atoms with Crippen molar-refractivity contribution in [3.05, 3.63) is 60.3 Å². The number of carbonyl (C=O) groups excluding carboxylic acids is 1. The Morgan fingerprint density at radius 1 is 1.17 bits per heavy atom. The van der Waals surface area contributed by atoms with Crippen molar-refractivity contribution in [2.45, 2.75) is 37.5 Å². The van der Waals surface area contributed by atoms with Crippen LogP contribution in [0.3, 0.4) is 0 Å². The molecule has 4 rings (SSSR count). The van der Waals surface area contributed by atoms with Crippen LogP contribution in [0.4, 0.5) is 0 Å². The standard InChI is InChI=1S/C21H25N5O2S/c1-16(18-10-7-13-28-18)22-20(27)15-29-21-24-23-19(14-25-11-5-6-12-25)26(21)17-8-3-2-4-9-17/h2-4,7-10,13,16H,5-6,11-12,14-15H2,1H3,(H,22,27)/t16-/m1/s1. The molecule has 1 fully saturated rings. The number of para-hydroxylation sites is 1. The third kappa shape index (κ3) is 4.89. The molecule has 0 saturated carbocycles. The van der Waals surface area contributed by atoms with Gasteiger partial charge in [0.1, 0.15) is 5.76 Å². The van der Waals surface area contributed by atoms with Crippen molar-refractivity contribution < 1.29 is 9.21 Å². The van der Waals surface area contributed by atoms with Crippen LogP contribution in [0.2, 0.25) is 0 Å². The van der Waals surface area contributed by atoms with E-state index in [-0.39, 0.29) is 17.7 Å². The molecule has 1 aliphatic heterocycles. The van der Waals surface area contributed by atoms with Crippen molar-refractivity contribution in [1.29, 1.82) is 0 Å². The van der Waals surface area contributed by atoms with E-state index in [1.165, 1.54) is 24.6 Å². The summed E-state index contributed by atoms with van der Waals surface area (Å²) in [5.74, 6) is 1.84. The number of aromatic nitrogens is 3. The Morgan fingerprint density at radius 2 is 1.97 bits per heavy atom. The average molecular weight is 412 g/mol. The van der Waals surface area contributed by atoms with Gasteiger partial charge < -0.3 is 9.73 Å². The van der Waals surface area contributed by atoms with Gasteiger partial charge in [0.05, 0.1) is 24.6 Å². The number of carbonyl (C=O) groups is 1. The van der Waals surface area contributed by atoms with Crippen LogP contribution in [-0.2, 0) is 11.3 Å². The molecule has 0 radical (unpaired) electrons. The third-order valence-electron chi connectivity index (χ3n) is 4.96. The molecule has 8 heteroatoms. The lowest BCUT2D eigenvalue weighted by atomic mass is 10.2. The molecule has 1 aliphatic rings. The third-order valence-corrected chi connectivity index (χ3v) is 5.89. The molecule has 29 heavy (non-hydrogen) atoms. The number of nitrogens with zero attached hydrogens (tertiary/aromatic N) is 4.